The molecule has 1 amide bonds. The van der Waals surface area contributed by atoms with Gasteiger partial charge in [0.1, 0.15) is 0 Å². The standard InChI is InChI=1S/C21H24N2O4/c1-21(2,3)18-11-12-8-14(6-7-15(12)23-18)22-20(25)13-9-16(24)19(27-5)17(10-13)26-4/h6-11,23-24H,1-5H3,(H,22,25)/p+1. The number of rotatable bonds is 4. The van der Waals surface area contributed by atoms with Crippen LogP contribution in [0.5, 0.6) is 17.2 Å². The van der Waals surface area contributed by atoms with Crippen LogP contribution in [-0.4, -0.2) is 30.2 Å². The van der Waals surface area contributed by atoms with E-state index in [0.29, 0.717) is 22.7 Å². The van der Waals surface area contributed by atoms with Gasteiger partial charge in [-0.15, -0.1) is 0 Å². The zero-order chi connectivity index (χ0) is 19.8. The van der Waals surface area contributed by atoms with Crippen LogP contribution in [0.1, 0.15) is 36.8 Å². The van der Waals surface area contributed by atoms with Crippen molar-refractivity contribution in [1.29, 1.82) is 0 Å². The maximum atomic E-state index is 12.6. The van der Waals surface area contributed by atoms with Crippen LogP contribution >= 0.6 is 0 Å². The second-order valence-electron chi connectivity index (χ2n) is 7.45. The molecule has 0 aliphatic heterocycles. The van der Waals surface area contributed by atoms with E-state index in [1.807, 2.05) is 18.2 Å². The fraction of sp³-hybridized carbons (Fsp3) is 0.286. The Morgan fingerprint density at radius 2 is 1.81 bits per heavy atom. The fourth-order valence-electron chi connectivity index (χ4n) is 2.91. The van der Waals surface area contributed by atoms with Crippen LogP contribution in [0, 0.1) is 0 Å². The van der Waals surface area contributed by atoms with Crippen LogP contribution in [-0.2, 0) is 5.41 Å². The highest BCUT2D eigenvalue weighted by molar-refractivity contribution is 6.06. The lowest BCUT2D eigenvalue weighted by Crippen LogP contribution is -2.12. The molecule has 0 radical (unpaired) electrons. The predicted molar refractivity (Wildman–Crippen MR) is 108 cm³/mol. The molecule has 142 valence electrons. The Morgan fingerprint density at radius 3 is 2.44 bits per heavy atom. The third-order valence-corrected chi connectivity index (χ3v) is 4.43. The van der Waals surface area contributed by atoms with Gasteiger partial charge < -0.3 is 24.9 Å². The average molecular weight is 369 g/mol. The van der Waals surface area contributed by atoms with Gasteiger partial charge >= 0.3 is 5.75 Å². The van der Waals surface area contributed by atoms with Crippen molar-refractivity contribution in [3.63, 3.8) is 0 Å². The van der Waals surface area contributed by atoms with E-state index in [-0.39, 0.29) is 17.1 Å². The molecule has 0 aliphatic carbocycles. The number of anilines is 1. The summed E-state index contributed by atoms with van der Waals surface area (Å²) < 4.78 is 10.4. The first kappa shape index (κ1) is 18.6. The smallest absolute Gasteiger partial charge is 0.301 e. The quantitative estimate of drug-likeness (QED) is 0.677. The summed E-state index contributed by atoms with van der Waals surface area (Å²) in [5.74, 6) is 0.442. The highest BCUT2D eigenvalue weighted by Crippen LogP contribution is 2.37. The summed E-state index contributed by atoms with van der Waals surface area (Å²) in [5, 5.41) is 11.9. The molecule has 3 rings (SSSR count). The molecule has 0 saturated carbocycles. The number of hydrogen-bond donors (Lipinski definition) is 2. The number of carbonyl (C=O) groups is 1. The minimum Gasteiger partial charge on any atom is -0.591 e. The summed E-state index contributed by atoms with van der Waals surface area (Å²) in [6.07, 6.45) is 0. The third-order valence-electron chi connectivity index (χ3n) is 4.43. The maximum Gasteiger partial charge on any atom is 0.301 e. The Labute approximate surface area is 158 Å². The first-order chi connectivity index (χ1) is 12.7. The minimum absolute atomic E-state index is 0.0204. The van der Waals surface area contributed by atoms with E-state index < -0.39 is 0 Å². The largest absolute Gasteiger partial charge is 0.591 e. The molecule has 6 heteroatoms. The number of methoxy groups -OCH3 is 2. The van der Waals surface area contributed by atoms with Crippen LogP contribution in [0.4, 0.5) is 5.69 Å². The monoisotopic (exact) mass is 369 g/mol. The first-order valence-corrected chi connectivity index (χ1v) is 8.65. The molecule has 4 N–H and O–H groups in total. The molecule has 6 nitrogen and oxygen atoms in total. The Morgan fingerprint density at radius 1 is 1.07 bits per heavy atom. The topological polar surface area (TPSA) is 86.2 Å². The SMILES string of the molecule is COc1cc(C(=O)Nc2ccc3[nH]c(C(C)(C)C)cc3c2)cc([OH2+])c1OC. The molecule has 0 fully saturated rings. The van der Waals surface area contributed by atoms with Crippen molar-refractivity contribution in [1.82, 2.24) is 4.98 Å². The highest BCUT2D eigenvalue weighted by atomic mass is 16.5. The van der Waals surface area contributed by atoms with Crippen molar-refractivity contribution < 1.29 is 19.4 Å². The van der Waals surface area contributed by atoms with Gasteiger partial charge in [-0.05, 0) is 30.3 Å². The molecule has 0 spiro atoms. The van der Waals surface area contributed by atoms with E-state index in [2.05, 4.69) is 37.1 Å². The number of fused-ring (bicyclic) bond motifs is 1. The Kier molecular flexibility index (Phi) is 4.74. The Hall–Kier alpha value is -3.15. The molecule has 27 heavy (non-hydrogen) atoms. The highest BCUT2D eigenvalue weighted by Gasteiger charge is 2.20. The average Bonchev–Trinajstić information content (AvgIpc) is 3.04. The van der Waals surface area contributed by atoms with Gasteiger partial charge in [0.05, 0.1) is 25.8 Å². The molecule has 0 saturated heterocycles. The molecule has 0 unspecified atom stereocenters. The van der Waals surface area contributed by atoms with Gasteiger partial charge in [0.2, 0.25) is 0 Å². The lowest BCUT2D eigenvalue weighted by atomic mass is 9.92. The van der Waals surface area contributed by atoms with Gasteiger partial charge in [-0.25, -0.2) is 0 Å². The summed E-state index contributed by atoms with van der Waals surface area (Å²) >= 11 is 0. The van der Waals surface area contributed by atoms with Crippen molar-refractivity contribution in [2.75, 3.05) is 19.5 Å². The molecule has 0 atom stereocenters. The Balaban J connectivity index is 1.89. The van der Waals surface area contributed by atoms with Crippen molar-refractivity contribution in [3.8, 4) is 17.2 Å². The van der Waals surface area contributed by atoms with Crippen LogP contribution in [0.3, 0.4) is 0 Å². The molecule has 2 aromatic carbocycles. The van der Waals surface area contributed by atoms with Crippen molar-refractivity contribution >= 4 is 22.5 Å². The molecule has 1 aromatic heterocycles. The van der Waals surface area contributed by atoms with E-state index in [9.17, 15) is 4.79 Å². The number of carbonyl (C=O) groups excluding carboxylic acids is 1. The van der Waals surface area contributed by atoms with Crippen LogP contribution in [0.15, 0.2) is 36.4 Å². The number of ether oxygens (including phenoxy) is 2. The van der Waals surface area contributed by atoms with Gasteiger partial charge in [-0.1, -0.05) is 20.8 Å². The molecule has 3 aromatic rings. The molecule has 0 bridgehead atoms. The lowest BCUT2D eigenvalue weighted by molar-refractivity contribution is 0.102. The molecular formula is C21H25N2O4+. The third kappa shape index (κ3) is 3.69. The number of benzene rings is 2. The summed E-state index contributed by atoms with van der Waals surface area (Å²) in [7, 11) is 2.94. The van der Waals surface area contributed by atoms with E-state index in [0.717, 1.165) is 16.6 Å². The Bertz CT molecular complexity index is 999. The number of amides is 1. The summed E-state index contributed by atoms with van der Waals surface area (Å²) in [6.45, 7) is 6.45. The second kappa shape index (κ2) is 6.87. The number of aromatic nitrogens is 1. The summed E-state index contributed by atoms with van der Waals surface area (Å²) in [4.78, 5) is 16.1. The van der Waals surface area contributed by atoms with Crippen molar-refractivity contribution in [3.05, 3.63) is 47.7 Å². The summed E-state index contributed by atoms with van der Waals surface area (Å²) in [5.41, 5.74) is 3.21. The molecular weight excluding hydrogens is 344 g/mol. The van der Waals surface area contributed by atoms with Crippen molar-refractivity contribution in [2.45, 2.75) is 26.2 Å². The zero-order valence-electron chi connectivity index (χ0n) is 16.2. The molecule has 0 aliphatic rings. The number of hydrogen-bond acceptors (Lipinski definition) is 3. The predicted octanol–water partition coefficient (Wildman–Crippen LogP) is 4.17. The molecule has 1 heterocycles. The number of H-pyrrole nitrogens is 1. The van der Waals surface area contributed by atoms with E-state index in [1.54, 1.807) is 6.07 Å². The van der Waals surface area contributed by atoms with E-state index >= 15 is 0 Å². The van der Waals surface area contributed by atoms with Crippen LogP contribution in [0.2, 0.25) is 0 Å². The van der Waals surface area contributed by atoms with Gasteiger partial charge in [0.15, 0.2) is 5.75 Å². The summed E-state index contributed by atoms with van der Waals surface area (Å²) in [6, 6.07) is 10.9. The first-order valence-electron chi connectivity index (χ1n) is 8.65. The lowest BCUT2D eigenvalue weighted by Gasteiger charge is -2.15. The van der Waals surface area contributed by atoms with E-state index in [1.165, 1.54) is 20.3 Å². The maximum absolute atomic E-state index is 12.6. The van der Waals surface area contributed by atoms with Gasteiger partial charge in [0.25, 0.3) is 11.7 Å². The fourth-order valence-corrected chi connectivity index (χ4v) is 2.91. The number of nitrogens with one attached hydrogen (secondary N) is 2. The van der Waals surface area contributed by atoms with Crippen molar-refractivity contribution in [2.24, 2.45) is 0 Å². The van der Waals surface area contributed by atoms with Crippen LogP contribution in [0.25, 0.3) is 10.9 Å². The second-order valence-corrected chi connectivity index (χ2v) is 7.45. The number of aromatic amines is 1. The van der Waals surface area contributed by atoms with Gasteiger partial charge in [-0.3, -0.25) is 4.79 Å². The van der Waals surface area contributed by atoms with Crippen LogP contribution < -0.4 is 14.8 Å². The minimum atomic E-state index is -0.310. The van der Waals surface area contributed by atoms with Gasteiger partial charge in [-0.2, -0.15) is 0 Å². The normalized spacial score (nSPS) is 11.4. The van der Waals surface area contributed by atoms with Gasteiger partial charge in [0, 0.05) is 27.7 Å². The zero-order valence-corrected chi connectivity index (χ0v) is 16.2. The van der Waals surface area contributed by atoms with E-state index in [4.69, 9.17) is 14.6 Å².